The molecule has 0 N–H and O–H groups in total. The van der Waals surface area contributed by atoms with E-state index in [-0.39, 0.29) is 32.5 Å². The molecule has 0 bridgehead atoms. The minimum absolute atomic E-state index is 0.0290. The van der Waals surface area contributed by atoms with Crippen molar-refractivity contribution in [3.8, 4) is 0 Å². The lowest BCUT2D eigenvalue weighted by Crippen LogP contribution is -2.14. The van der Waals surface area contributed by atoms with Gasteiger partial charge < -0.3 is 9.47 Å². The zero-order valence-electron chi connectivity index (χ0n) is 10.6. The molecule has 1 fully saturated rings. The minimum atomic E-state index is -4.03. The molecule has 5 nitrogen and oxygen atoms in total. The second-order valence-corrected chi connectivity index (χ2v) is 8.27. The van der Waals surface area contributed by atoms with Crippen LogP contribution >= 0.6 is 38.2 Å². The van der Waals surface area contributed by atoms with Crippen molar-refractivity contribution in [2.24, 2.45) is 5.92 Å². The van der Waals surface area contributed by atoms with Gasteiger partial charge in [0.05, 0.1) is 33.2 Å². The third-order valence-corrected chi connectivity index (χ3v) is 5.96. The summed E-state index contributed by atoms with van der Waals surface area (Å²) in [6, 6.07) is 2.45. The number of carbonyl (C=O) groups excluding carboxylic acids is 1. The highest BCUT2D eigenvalue weighted by Gasteiger charge is 2.22. The fraction of sp³-hybridized carbons (Fsp3) is 0.417. The van der Waals surface area contributed by atoms with Crippen molar-refractivity contribution < 1.29 is 22.7 Å². The van der Waals surface area contributed by atoms with E-state index in [0.29, 0.717) is 13.2 Å². The Bertz CT molecular complexity index is 656. The van der Waals surface area contributed by atoms with Crippen molar-refractivity contribution in [2.45, 2.75) is 11.3 Å². The van der Waals surface area contributed by atoms with Crippen LogP contribution in [-0.2, 0) is 18.5 Å². The van der Waals surface area contributed by atoms with Crippen molar-refractivity contribution in [3.05, 3.63) is 27.2 Å². The van der Waals surface area contributed by atoms with E-state index in [4.69, 9.17) is 31.8 Å². The Balaban J connectivity index is 2.19. The van der Waals surface area contributed by atoms with Crippen molar-refractivity contribution in [2.75, 3.05) is 19.8 Å². The molecule has 116 valence electrons. The molecule has 9 heteroatoms. The highest BCUT2D eigenvalue weighted by Crippen LogP contribution is 2.33. The van der Waals surface area contributed by atoms with E-state index < -0.39 is 15.0 Å². The zero-order valence-corrected chi connectivity index (χ0v) is 14.6. The van der Waals surface area contributed by atoms with Crippen molar-refractivity contribution in [1.29, 1.82) is 0 Å². The molecule has 1 aromatic rings. The Hall–Kier alpha value is -0.340. The number of benzene rings is 1. The molecule has 1 atom stereocenters. The molecule has 0 radical (unpaired) electrons. The molecule has 0 spiro atoms. The van der Waals surface area contributed by atoms with E-state index >= 15 is 0 Å². The summed E-state index contributed by atoms with van der Waals surface area (Å²) in [4.78, 5) is 11.7. The van der Waals surface area contributed by atoms with Crippen LogP contribution in [0.15, 0.2) is 21.5 Å². The maximum absolute atomic E-state index is 12.0. The maximum atomic E-state index is 12.0. The molecule has 21 heavy (non-hydrogen) atoms. The Morgan fingerprint density at radius 2 is 2.19 bits per heavy atom. The molecule has 2 rings (SSSR count). The topological polar surface area (TPSA) is 69.7 Å². The van der Waals surface area contributed by atoms with Crippen LogP contribution in [0, 0.1) is 5.92 Å². The Kier molecular flexibility index (Phi) is 5.54. The zero-order chi connectivity index (χ0) is 15.6. The lowest BCUT2D eigenvalue weighted by atomic mass is 10.1. The first-order chi connectivity index (χ1) is 9.79. The standard InChI is InChI=1S/C12H11BrCl2O5S/c13-11-9(14)3-8(4-10(11)21(15,17)18)12(16)20-6-7-1-2-19-5-7/h3-4,7H,1-2,5-6H2. The van der Waals surface area contributed by atoms with E-state index in [2.05, 4.69) is 15.9 Å². The van der Waals surface area contributed by atoms with Gasteiger partial charge in [0.2, 0.25) is 0 Å². The maximum Gasteiger partial charge on any atom is 0.338 e. The van der Waals surface area contributed by atoms with Gasteiger partial charge in [-0.25, -0.2) is 13.2 Å². The number of hydrogen-bond acceptors (Lipinski definition) is 5. The molecular formula is C12H11BrCl2O5S. The SMILES string of the molecule is O=C(OCC1CCOC1)c1cc(Cl)c(Br)c(S(=O)(=O)Cl)c1. The lowest BCUT2D eigenvalue weighted by Gasteiger charge is -2.10. The third-order valence-electron chi connectivity index (χ3n) is 2.97. The highest BCUT2D eigenvalue weighted by atomic mass is 79.9. The third kappa shape index (κ3) is 4.32. The fourth-order valence-electron chi connectivity index (χ4n) is 1.85. The fourth-order valence-corrected chi connectivity index (χ4v) is 4.23. The summed E-state index contributed by atoms with van der Waals surface area (Å²) in [6.45, 7) is 1.42. The summed E-state index contributed by atoms with van der Waals surface area (Å²) in [5.41, 5.74) is 0.0290. The van der Waals surface area contributed by atoms with Crippen LogP contribution in [0.25, 0.3) is 0 Å². The summed E-state index contributed by atoms with van der Waals surface area (Å²) in [5, 5.41) is 0.0628. The number of esters is 1. The van der Waals surface area contributed by atoms with Gasteiger partial charge in [-0.2, -0.15) is 0 Å². The Labute approximate surface area is 140 Å². The molecule has 1 aromatic carbocycles. The number of hydrogen-bond donors (Lipinski definition) is 0. The van der Waals surface area contributed by atoms with E-state index in [9.17, 15) is 13.2 Å². The molecule has 1 aliphatic heterocycles. The molecule has 0 amide bonds. The largest absolute Gasteiger partial charge is 0.462 e. The quantitative estimate of drug-likeness (QED) is 0.555. The van der Waals surface area contributed by atoms with Gasteiger partial charge >= 0.3 is 5.97 Å². The van der Waals surface area contributed by atoms with E-state index in [1.54, 1.807) is 0 Å². The number of carbonyl (C=O) groups is 1. The predicted molar refractivity (Wildman–Crippen MR) is 81.4 cm³/mol. The summed E-state index contributed by atoms with van der Waals surface area (Å²) in [5.74, 6) is -0.492. The number of halogens is 3. The molecule has 1 aliphatic rings. The Morgan fingerprint density at radius 3 is 2.76 bits per heavy atom. The van der Waals surface area contributed by atoms with Crippen LogP contribution in [0.1, 0.15) is 16.8 Å². The average Bonchev–Trinajstić information content (AvgIpc) is 2.90. The average molecular weight is 418 g/mol. The monoisotopic (exact) mass is 416 g/mol. The van der Waals surface area contributed by atoms with Gasteiger partial charge in [-0.3, -0.25) is 0 Å². The first-order valence-corrected chi connectivity index (χ1v) is 9.45. The van der Waals surface area contributed by atoms with Crippen LogP contribution in [0.3, 0.4) is 0 Å². The van der Waals surface area contributed by atoms with Crippen molar-refractivity contribution in [1.82, 2.24) is 0 Å². The molecule has 1 saturated heterocycles. The number of ether oxygens (including phenoxy) is 2. The van der Waals surface area contributed by atoms with Crippen LogP contribution in [0.5, 0.6) is 0 Å². The van der Waals surface area contributed by atoms with Gasteiger partial charge in [0.25, 0.3) is 9.05 Å². The van der Waals surface area contributed by atoms with Gasteiger partial charge in [0.1, 0.15) is 0 Å². The van der Waals surface area contributed by atoms with Crippen LogP contribution in [0.4, 0.5) is 0 Å². The normalized spacial score (nSPS) is 18.7. The summed E-state index contributed by atoms with van der Waals surface area (Å²) >= 11 is 8.93. The first kappa shape index (κ1) is 17.0. The van der Waals surface area contributed by atoms with Gasteiger partial charge in [0, 0.05) is 23.2 Å². The molecule has 0 aromatic heterocycles. The Morgan fingerprint density at radius 1 is 1.48 bits per heavy atom. The van der Waals surface area contributed by atoms with Crippen LogP contribution in [0.2, 0.25) is 5.02 Å². The van der Waals surface area contributed by atoms with Gasteiger partial charge in [-0.05, 0) is 34.5 Å². The van der Waals surface area contributed by atoms with E-state index in [0.717, 1.165) is 12.5 Å². The van der Waals surface area contributed by atoms with Crippen molar-refractivity contribution >= 4 is 53.2 Å². The predicted octanol–water partition coefficient (Wildman–Crippen LogP) is 3.22. The minimum Gasteiger partial charge on any atom is -0.462 e. The summed E-state index contributed by atoms with van der Waals surface area (Å²) in [7, 11) is 1.28. The molecule has 0 saturated carbocycles. The molecular weight excluding hydrogens is 407 g/mol. The first-order valence-electron chi connectivity index (χ1n) is 5.97. The molecule has 1 unspecified atom stereocenters. The van der Waals surface area contributed by atoms with Crippen molar-refractivity contribution in [3.63, 3.8) is 0 Å². The van der Waals surface area contributed by atoms with Gasteiger partial charge in [0.15, 0.2) is 0 Å². The summed E-state index contributed by atoms with van der Waals surface area (Å²) in [6.07, 6.45) is 0.829. The second-order valence-electron chi connectivity index (χ2n) is 4.54. The van der Waals surface area contributed by atoms with E-state index in [1.807, 2.05) is 0 Å². The highest BCUT2D eigenvalue weighted by molar-refractivity contribution is 9.10. The van der Waals surface area contributed by atoms with Gasteiger partial charge in [-0.15, -0.1) is 0 Å². The smallest absolute Gasteiger partial charge is 0.338 e. The summed E-state index contributed by atoms with van der Waals surface area (Å²) < 4.78 is 33.3. The van der Waals surface area contributed by atoms with Crippen LogP contribution in [-0.4, -0.2) is 34.2 Å². The number of rotatable bonds is 4. The van der Waals surface area contributed by atoms with Crippen LogP contribution < -0.4 is 0 Å². The van der Waals surface area contributed by atoms with E-state index in [1.165, 1.54) is 6.07 Å². The second kappa shape index (κ2) is 6.83. The molecule has 0 aliphatic carbocycles. The molecule has 1 heterocycles. The van der Waals surface area contributed by atoms with Gasteiger partial charge in [-0.1, -0.05) is 11.6 Å². The lowest BCUT2D eigenvalue weighted by molar-refractivity contribution is 0.0428.